The van der Waals surface area contributed by atoms with Gasteiger partial charge in [0.2, 0.25) is 5.95 Å². The summed E-state index contributed by atoms with van der Waals surface area (Å²) in [6.45, 7) is 3.22. The smallest absolute Gasteiger partial charge is 0.307 e. The molecule has 1 aromatic carbocycles. The number of rotatable bonds is 13. The largest absolute Gasteiger partial charge is 0.495 e. The van der Waals surface area contributed by atoms with Crippen molar-refractivity contribution < 1.29 is 19.1 Å². The van der Waals surface area contributed by atoms with Gasteiger partial charge in [-0.2, -0.15) is 4.98 Å². The number of ether oxygens (including phenoxy) is 2. The molecule has 11 nitrogen and oxygen atoms in total. The molecule has 40 heavy (non-hydrogen) atoms. The average molecular weight is 568 g/mol. The van der Waals surface area contributed by atoms with E-state index >= 15 is 0 Å². The second-order valence-corrected chi connectivity index (χ2v) is 9.75. The van der Waals surface area contributed by atoms with E-state index in [2.05, 4.69) is 32.5 Å². The molecule has 0 saturated carbocycles. The number of hydrogen-bond donors (Lipinski definition) is 2. The van der Waals surface area contributed by atoms with E-state index in [4.69, 9.17) is 26.1 Å². The third-order valence-electron chi connectivity index (χ3n) is 6.43. The molecule has 12 heteroatoms. The Labute approximate surface area is 238 Å². The summed E-state index contributed by atoms with van der Waals surface area (Å²) in [5, 5.41) is 6.55. The van der Waals surface area contributed by atoms with Crippen LogP contribution in [0.4, 0.5) is 11.8 Å². The fraction of sp³-hybridized carbons (Fsp3) is 0.429. The number of nitrogens with zero attached hydrogens (tertiary/aromatic N) is 5. The highest BCUT2D eigenvalue weighted by atomic mass is 35.5. The molecule has 0 spiro atoms. The van der Waals surface area contributed by atoms with E-state index < -0.39 is 6.23 Å². The van der Waals surface area contributed by atoms with E-state index in [0.717, 1.165) is 31.2 Å². The van der Waals surface area contributed by atoms with Crippen LogP contribution in [0.1, 0.15) is 67.2 Å². The zero-order valence-electron chi connectivity index (χ0n) is 22.7. The molecule has 3 aromatic rings. The summed E-state index contributed by atoms with van der Waals surface area (Å²) in [7, 11) is 1.56. The Bertz CT molecular complexity index is 1290. The molecular weight excluding hydrogens is 534 g/mol. The van der Waals surface area contributed by atoms with Crippen LogP contribution in [0.3, 0.4) is 0 Å². The molecule has 2 aromatic heterocycles. The fourth-order valence-electron chi connectivity index (χ4n) is 4.31. The van der Waals surface area contributed by atoms with Gasteiger partial charge in [-0.25, -0.2) is 15.0 Å². The van der Waals surface area contributed by atoms with Crippen molar-refractivity contribution in [3.63, 3.8) is 0 Å². The van der Waals surface area contributed by atoms with Crippen molar-refractivity contribution in [1.29, 1.82) is 0 Å². The normalized spacial score (nSPS) is 14.6. The molecule has 1 amide bonds. The van der Waals surface area contributed by atoms with Crippen LogP contribution >= 0.6 is 11.6 Å². The summed E-state index contributed by atoms with van der Waals surface area (Å²) >= 11 is 6.30. The van der Waals surface area contributed by atoms with Gasteiger partial charge in [-0.1, -0.05) is 37.4 Å². The summed E-state index contributed by atoms with van der Waals surface area (Å²) in [5.74, 6) is 1.16. The Morgan fingerprint density at radius 2 is 1.98 bits per heavy atom. The number of aromatic nitrogens is 4. The number of esters is 1. The molecule has 1 fully saturated rings. The molecule has 0 unspecified atom stereocenters. The Kier molecular flexibility index (Phi) is 10.4. The van der Waals surface area contributed by atoms with Gasteiger partial charge < -0.3 is 25.0 Å². The molecule has 212 valence electrons. The van der Waals surface area contributed by atoms with Crippen LogP contribution in [-0.2, 0) is 22.6 Å². The highest BCUT2D eigenvalue weighted by Gasteiger charge is 2.30. The number of benzene rings is 1. The van der Waals surface area contributed by atoms with Gasteiger partial charge in [-0.05, 0) is 36.6 Å². The molecule has 3 heterocycles. The lowest BCUT2D eigenvalue weighted by atomic mass is 10.2. The van der Waals surface area contributed by atoms with Crippen molar-refractivity contribution >= 4 is 35.2 Å². The zero-order valence-corrected chi connectivity index (χ0v) is 23.5. The lowest BCUT2D eigenvalue weighted by Crippen LogP contribution is -2.35. The molecule has 1 aliphatic rings. The minimum absolute atomic E-state index is 0.150. The van der Waals surface area contributed by atoms with Crippen molar-refractivity contribution in [2.75, 3.05) is 23.9 Å². The lowest BCUT2D eigenvalue weighted by Gasteiger charge is -2.25. The van der Waals surface area contributed by atoms with Gasteiger partial charge in [0.25, 0.3) is 5.91 Å². The number of carbonyl (C=O) groups excluding carboxylic acids is 2. The third-order valence-corrected chi connectivity index (χ3v) is 6.73. The van der Waals surface area contributed by atoms with Crippen LogP contribution in [0.15, 0.2) is 42.9 Å². The summed E-state index contributed by atoms with van der Waals surface area (Å²) in [4.78, 5) is 44.9. The standard InChI is InChI=1S/C28H34ClN7O4/c1-3-4-5-9-25(37)40-24-8-6-14-36(24)28-34-17-20(27(38)33-18-23-30-12-7-13-31-23)26(35-28)32-16-19-10-11-22(39-2)21(29)15-19/h7,10-13,15,17,24H,3-6,8-9,14,16,18H2,1-2H3,(H,33,38)(H,32,34,35)/t24-/m0/s1. The van der Waals surface area contributed by atoms with Crippen molar-refractivity contribution in [2.45, 2.75) is 64.8 Å². The third kappa shape index (κ3) is 7.78. The van der Waals surface area contributed by atoms with Crippen LogP contribution in [-0.4, -0.2) is 51.7 Å². The molecule has 1 saturated heterocycles. The van der Waals surface area contributed by atoms with Gasteiger partial charge in [0.05, 0.1) is 18.7 Å². The maximum Gasteiger partial charge on any atom is 0.307 e. The van der Waals surface area contributed by atoms with E-state index in [-0.39, 0.29) is 24.0 Å². The lowest BCUT2D eigenvalue weighted by molar-refractivity contribution is -0.148. The molecule has 1 atom stereocenters. The number of halogens is 1. The van der Waals surface area contributed by atoms with Crippen molar-refractivity contribution in [2.24, 2.45) is 0 Å². The van der Waals surface area contributed by atoms with Crippen LogP contribution in [0.2, 0.25) is 5.02 Å². The van der Waals surface area contributed by atoms with Gasteiger partial charge in [0.1, 0.15) is 23.0 Å². The van der Waals surface area contributed by atoms with Crippen molar-refractivity contribution in [3.8, 4) is 5.75 Å². The summed E-state index contributed by atoms with van der Waals surface area (Å²) in [6, 6.07) is 7.15. The highest BCUT2D eigenvalue weighted by molar-refractivity contribution is 6.32. The first-order valence-corrected chi connectivity index (χ1v) is 13.8. The van der Waals surface area contributed by atoms with Gasteiger partial charge in [0, 0.05) is 44.5 Å². The minimum Gasteiger partial charge on any atom is -0.495 e. The first kappa shape index (κ1) is 29.0. The molecule has 1 aliphatic heterocycles. The predicted molar refractivity (Wildman–Crippen MR) is 151 cm³/mol. The Morgan fingerprint density at radius 3 is 2.73 bits per heavy atom. The maximum absolute atomic E-state index is 13.1. The highest BCUT2D eigenvalue weighted by Crippen LogP contribution is 2.28. The first-order chi connectivity index (χ1) is 19.5. The predicted octanol–water partition coefficient (Wildman–Crippen LogP) is 4.52. The van der Waals surface area contributed by atoms with Gasteiger partial charge >= 0.3 is 5.97 Å². The molecule has 0 radical (unpaired) electrons. The van der Waals surface area contributed by atoms with E-state index in [1.54, 1.807) is 37.7 Å². The van der Waals surface area contributed by atoms with Crippen LogP contribution in [0.25, 0.3) is 0 Å². The van der Waals surface area contributed by atoms with Crippen LogP contribution < -0.4 is 20.3 Å². The SMILES string of the molecule is CCCCCC(=O)O[C@H]1CCCN1c1ncc(C(=O)NCc2ncccn2)c(NCc2ccc(OC)c(Cl)c2)n1. The number of anilines is 2. The van der Waals surface area contributed by atoms with E-state index in [0.29, 0.717) is 54.3 Å². The zero-order chi connectivity index (χ0) is 28.3. The van der Waals surface area contributed by atoms with E-state index in [1.807, 2.05) is 11.0 Å². The van der Waals surface area contributed by atoms with E-state index in [1.165, 1.54) is 6.20 Å². The quantitative estimate of drug-likeness (QED) is 0.224. The van der Waals surface area contributed by atoms with Crippen LogP contribution in [0, 0.1) is 0 Å². The van der Waals surface area contributed by atoms with Crippen molar-refractivity contribution in [3.05, 3.63) is 64.8 Å². The number of nitrogens with one attached hydrogen (secondary N) is 2. The summed E-state index contributed by atoms with van der Waals surface area (Å²) in [5.41, 5.74) is 1.13. The Hall–Kier alpha value is -3.99. The van der Waals surface area contributed by atoms with Gasteiger partial charge in [-0.3, -0.25) is 9.59 Å². The molecule has 0 aliphatic carbocycles. The fourth-order valence-corrected chi connectivity index (χ4v) is 4.59. The number of carbonyl (C=O) groups is 2. The Morgan fingerprint density at radius 1 is 1.15 bits per heavy atom. The number of unbranched alkanes of at least 4 members (excludes halogenated alkanes) is 2. The maximum atomic E-state index is 13.1. The van der Waals surface area contributed by atoms with Crippen LogP contribution in [0.5, 0.6) is 5.75 Å². The number of hydrogen-bond acceptors (Lipinski definition) is 10. The molecule has 4 rings (SSSR count). The topological polar surface area (TPSA) is 131 Å². The first-order valence-electron chi connectivity index (χ1n) is 13.4. The second kappa shape index (κ2) is 14.4. The monoisotopic (exact) mass is 567 g/mol. The van der Waals surface area contributed by atoms with Gasteiger partial charge in [-0.15, -0.1) is 0 Å². The molecule has 2 N–H and O–H groups in total. The van der Waals surface area contributed by atoms with E-state index in [9.17, 15) is 9.59 Å². The molecular formula is C28H34ClN7O4. The summed E-state index contributed by atoms with van der Waals surface area (Å²) < 4.78 is 11.0. The second-order valence-electron chi connectivity index (χ2n) is 9.34. The summed E-state index contributed by atoms with van der Waals surface area (Å²) in [6.07, 6.45) is 9.00. The number of amides is 1. The molecule has 0 bridgehead atoms. The minimum atomic E-state index is -0.447. The number of methoxy groups -OCH3 is 1. The van der Waals surface area contributed by atoms with Crippen molar-refractivity contribution in [1.82, 2.24) is 25.3 Å². The average Bonchev–Trinajstić information content (AvgIpc) is 3.43. The van der Waals surface area contributed by atoms with Gasteiger partial charge in [0.15, 0.2) is 6.23 Å². The Balaban J connectivity index is 1.53.